The van der Waals surface area contributed by atoms with Crippen LogP contribution in [-0.4, -0.2) is 15.8 Å². The van der Waals surface area contributed by atoms with Crippen LogP contribution in [0.2, 0.25) is 0 Å². The first-order valence-corrected chi connectivity index (χ1v) is 4.64. The predicted octanol–water partition coefficient (Wildman–Crippen LogP) is 2.30. The Morgan fingerprint density at radius 3 is 3.00 bits per heavy atom. The number of benzene rings is 1. The summed E-state index contributed by atoms with van der Waals surface area (Å²) in [6.45, 7) is 0. The maximum absolute atomic E-state index is 4.33. The van der Waals surface area contributed by atoms with E-state index in [9.17, 15) is 0 Å². The second-order valence-electron chi connectivity index (χ2n) is 3.21. The molecule has 0 aliphatic carbocycles. The topological polar surface area (TPSA) is 38.1 Å². The number of nitrogens with zero attached hydrogens (tertiary/aromatic N) is 3. The lowest BCUT2D eigenvalue weighted by molar-refractivity contribution is 1.29. The summed E-state index contributed by atoms with van der Waals surface area (Å²) in [5.74, 6) is 2.83. The average molecular weight is 193 g/mol. The van der Waals surface area contributed by atoms with Gasteiger partial charge in [0.1, 0.15) is 0 Å². The Labute approximate surface area is 86.5 Å². The molecule has 0 bridgehead atoms. The zero-order valence-corrected chi connectivity index (χ0v) is 7.88. The molecule has 1 aliphatic heterocycles. The van der Waals surface area contributed by atoms with Gasteiger partial charge in [0.2, 0.25) is 0 Å². The number of hydrogen-bond acceptors (Lipinski definition) is 3. The molecule has 0 N–H and O–H groups in total. The summed E-state index contributed by atoms with van der Waals surface area (Å²) < 4.78 is 0. The average Bonchev–Trinajstić information content (AvgIpc) is 2.54. The third-order valence-electron chi connectivity index (χ3n) is 2.32. The van der Waals surface area contributed by atoms with Crippen molar-refractivity contribution in [2.75, 3.05) is 0 Å². The van der Waals surface area contributed by atoms with E-state index in [1.165, 1.54) is 0 Å². The Bertz CT molecular complexity index is 620. The number of hydrogen-bond donors (Lipinski definition) is 0. The molecular formula is C12H7N3. The fraction of sp³-hybridized carbons (Fsp3) is 0. The Morgan fingerprint density at radius 1 is 1.07 bits per heavy atom. The molecule has 0 radical (unpaired) electrons. The predicted molar refractivity (Wildman–Crippen MR) is 60.5 cm³/mol. The molecule has 1 aromatic carbocycles. The summed E-state index contributed by atoms with van der Waals surface area (Å²) in [6.07, 6.45) is 8.90. The van der Waals surface area contributed by atoms with E-state index < -0.39 is 0 Å². The molecule has 2 heterocycles. The van der Waals surface area contributed by atoms with E-state index in [0.29, 0.717) is 0 Å². The van der Waals surface area contributed by atoms with Crippen LogP contribution in [0.5, 0.6) is 0 Å². The summed E-state index contributed by atoms with van der Waals surface area (Å²) in [5, 5.41) is 0. The minimum absolute atomic E-state index is 0.899. The van der Waals surface area contributed by atoms with Crippen LogP contribution in [0.4, 0.5) is 0 Å². The van der Waals surface area contributed by atoms with Crippen LogP contribution < -0.4 is 0 Å². The Hall–Kier alpha value is -2.25. The van der Waals surface area contributed by atoms with Gasteiger partial charge in [-0.3, -0.25) is 9.97 Å². The van der Waals surface area contributed by atoms with Gasteiger partial charge in [-0.1, -0.05) is 6.07 Å². The molecule has 0 saturated carbocycles. The molecular weight excluding hydrogens is 186 g/mol. The monoisotopic (exact) mass is 193 g/mol. The van der Waals surface area contributed by atoms with Gasteiger partial charge in [-0.15, -0.1) is 0 Å². The van der Waals surface area contributed by atoms with Crippen molar-refractivity contribution in [2.45, 2.75) is 0 Å². The minimum Gasteiger partial charge on any atom is -0.253 e. The summed E-state index contributed by atoms with van der Waals surface area (Å²) in [5.41, 5.74) is 3.92. The third kappa shape index (κ3) is 1.26. The van der Waals surface area contributed by atoms with Gasteiger partial charge in [0.25, 0.3) is 0 Å². The third-order valence-corrected chi connectivity index (χ3v) is 2.32. The van der Waals surface area contributed by atoms with E-state index >= 15 is 0 Å². The zero-order valence-electron chi connectivity index (χ0n) is 7.88. The summed E-state index contributed by atoms with van der Waals surface area (Å²) in [7, 11) is 0. The standard InChI is InChI=1S/C12H7N3/c1-2-11-12(15-8-7-14-11)10-4-6-13-5-3-9(1)10/h1-4,6-8H. The molecule has 70 valence electrons. The summed E-state index contributed by atoms with van der Waals surface area (Å²) in [6, 6.07) is 3.96. The van der Waals surface area contributed by atoms with Crippen LogP contribution in [-0.2, 0) is 0 Å². The number of aromatic nitrogens is 2. The van der Waals surface area contributed by atoms with Crippen molar-refractivity contribution >= 4 is 29.1 Å². The largest absolute Gasteiger partial charge is 0.253 e. The second-order valence-corrected chi connectivity index (χ2v) is 3.21. The van der Waals surface area contributed by atoms with Gasteiger partial charge < -0.3 is 0 Å². The molecule has 15 heavy (non-hydrogen) atoms. The van der Waals surface area contributed by atoms with E-state index in [2.05, 4.69) is 20.8 Å². The normalized spacial score (nSPS) is 12.8. The van der Waals surface area contributed by atoms with E-state index in [1.807, 2.05) is 24.3 Å². The van der Waals surface area contributed by atoms with Crippen molar-refractivity contribution < 1.29 is 0 Å². The molecule has 1 aliphatic rings. The van der Waals surface area contributed by atoms with Crippen LogP contribution in [0.25, 0.3) is 23.2 Å². The Morgan fingerprint density at radius 2 is 2.00 bits per heavy atom. The molecule has 2 aromatic rings. The first-order valence-electron chi connectivity index (χ1n) is 4.64. The van der Waals surface area contributed by atoms with Crippen molar-refractivity contribution in [3.8, 4) is 0 Å². The molecule has 3 heteroatoms. The van der Waals surface area contributed by atoms with Gasteiger partial charge in [0.05, 0.1) is 11.0 Å². The van der Waals surface area contributed by atoms with Crippen LogP contribution in [0, 0.1) is 0 Å². The molecule has 3 nitrogen and oxygen atoms in total. The highest BCUT2D eigenvalue weighted by Crippen LogP contribution is 2.22. The number of aliphatic imine (C=N–C) groups is 1. The fourth-order valence-corrected chi connectivity index (χ4v) is 1.64. The SMILES string of the molecule is C1=Cc2ccc3nccnc3c2C=CN=1. The highest BCUT2D eigenvalue weighted by molar-refractivity contribution is 5.93. The van der Waals surface area contributed by atoms with Gasteiger partial charge in [-0.2, -0.15) is 0 Å². The lowest BCUT2D eigenvalue weighted by atomic mass is 10.1. The van der Waals surface area contributed by atoms with Crippen LogP contribution in [0.15, 0.2) is 35.7 Å². The quantitative estimate of drug-likeness (QED) is 0.643. The molecule has 0 spiro atoms. The van der Waals surface area contributed by atoms with E-state index in [4.69, 9.17) is 0 Å². The summed E-state index contributed by atoms with van der Waals surface area (Å²) >= 11 is 0. The van der Waals surface area contributed by atoms with Crippen molar-refractivity contribution in [3.05, 3.63) is 41.9 Å². The number of fused-ring (bicyclic) bond motifs is 3. The van der Waals surface area contributed by atoms with E-state index in [0.717, 1.165) is 22.2 Å². The number of rotatable bonds is 0. The molecule has 0 saturated heterocycles. The Balaban J connectivity index is 2.45. The first-order chi connectivity index (χ1) is 7.45. The highest BCUT2D eigenvalue weighted by atomic mass is 14.8. The maximum Gasteiger partial charge on any atom is 0.0965 e. The molecule has 0 fully saturated rings. The van der Waals surface area contributed by atoms with Gasteiger partial charge in [-0.05, 0) is 23.6 Å². The molecule has 0 unspecified atom stereocenters. The molecule has 0 atom stereocenters. The lowest BCUT2D eigenvalue weighted by Crippen LogP contribution is -1.88. The van der Waals surface area contributed by atoms with E-state index in [-0.39, 0.29) is 0 Å². The maximum atomic E-state index is 4.33. The van der Waals surface area contributed by atoms with Crippen LogP contribution >= 0.6 is 0 Å². The zero-order chi connectivity index (χ0) is 10.1. The molecule has 1 aromatic heterocycles. The van der Waals surface area contributed by atoms with Crippen LogP contribution in [0.3, 0.4) is 0 Å². The lowest BCUT2D eigenvalue weighted by Gasteiger charge is -2.03. The first kappa shape index (κ1) is 8.09. The minimum atomic E-state index is 0.899. The fourth-order valence-electron chi connectivity index (χ4n) is 1.64. The molecule has 0 amide bonds. The van der Waals surface area contributed by atoms with Crippen molar-refractivity contribution in [1.29, 1.82) is 0 Å². The van der Waals surface area contributed by atoms with Crippen molar-refractivity contribution in [3.63, 3.8) is 0 Å². The van der Waals surface area contributed by atoms with Crippen molar-refractivity contribution in [2.24, 2.45) is 4.99 Å². The molecule has 3 rings (SSSR count). The van der Waals surface area contributed by atoms with Gasteiger partial charge in [0.15, 0.2) is 0 Å². The van der Waals surface area contributed by atoms with Crippen LogP contribution in [0.1, 0.15) is 11.1 Å². The van der Waals surface area contributed by atoms with Gasteiger partial charge in [-0.25, -0.2) is 4.99 Å². The highest BCUT2D eigenvalue weighted by Gasteiger charge is 2.05. The second kappa shape index (κ2) is 3.15. The van der Waals surface area contributed by atoms with E-state index in [1.54, 1.807) is 18.6 Å². The van der Waals surface area contributed by atoms with Gasteiger partial charge >= 0.3 is 0 Å². The van der Waals surface area contributed by atoms with Gasteiger partial charge in [0, 0.05) is 30.2 Å². The summed E-state index contributed by atoms with van der Waals surface area (Å²) in [4.78, 5) is 12.5. The van der Waals surface area contributed by atoms with Crippen molar-refractivity contribution in [1.82, 2.24) is 9.97 Å². The Kier molecular flexibility index (Phi) is 1.70. The smallest absolute Gasteiger partial charge is 0.0965 e.